The fraction of sp³-hybridized carbons (Fsp3) is 0.407. The number of aromatic nitrogens is 3. The van der Waals surface area contributed by atoms with Gasteiger partial charge < -0.3 is 14.6 Å². The number of nitrogens with one attached hydrogen (secondary N) is 1. The van der Waals surface area contributed by atoms with Crippen LogP contribution in [0.1, 0.15) is 53.1 Å². The van der Waals surface area contributed by atoms with Gasteiger partial charge in [-0.25, -0.2) is 13.7 Å². The number of carbonyl (C=O) groups excluding carboxylic acids is 1. The van der Waals surface area contributed by atoms with Crippen molar-refractivity contribution >= 4 is 22.4 Å². The number of benzene rings is 1. The number of methoxy groups -OCH3 is 1. The molecule has 6 rings (SSSR count). The molecular formula is C27H29FN4O2. The molecule has 0 spiro atoms. The van der Waals surface area contributed by atoms with Gasteiger partial charge in [-0.1, -0.05) is 18.2 Å². The minimum absolute atomic E-state index is 0.147. The predicted molar refractivity (Wildman–Crippen MR) is 130 cm³/mol. The van der Waals surface area contributed by atoms with Crippen molar-refractivity contribution in [1.29, 1.82) is 0 Å². The van der Waals surface area contributed by atoms with Crippen LogP contribution in [0.5, 0.6) is 0 Å². The fourth-order valence-corrected chi connectivity index (χ4v) is 5.51. The van der Waals surface area contributed by atoms with E-state index in [4.69, 9.17) is 9.84 Å². The van der Waals surface area contributed by atoms with Gasteiger partial charge in [-0.05, 0) is 75.2 Å². The monoisotopic (exact) mass is 460 g/mol. The third-order valence-electron chi connectivity index (χ3n) is 7.45. The summed E-state index contributed by atoms with van der Waals surface area (Å²) in [5, 5.41) is 9.47. The first kappa shape index (κ1) is 21.4. The van der Waals surface area contributed by atoms with E-state index < -0.39 is 11.8 Å². The molecule has 1 saturated heterocycles. The average Bonchev–Trinajstić information content (AvgIpc) is 3.52. The highest BCUT2D eigenvalue weighted by Crippen LogP contribution is 2.40. The lowest BCUT2D eigenvalue weighted by Crippen LogP contribution is -2.26. The van der Waals surface area contributed by atoms with E-state index in [2.05, 4.69) is 34.1 Å². The Kier molecular flexibility index (Phi) is 5.17. The van der Waals surface area contributed by atoms with Gasteiger partial charge in [-0.2, -0.15) is 5.10 Å². The largest absolute Gasteiger partial charge is 0.465 e. The van der Waals surface area contributed by atoms with Gasteiger partial charge in [0.05, 0.1) is 23.9 Å². The molecule has 0 bridgehead atoms. The Bertz CT molecular complexity index is 1410. The Hall–Kier alpha value is -3.19. The molecule has 7 heteroatoms. The first-order valence-corrected chi connectivity index (χ1v) is 12.1. The van der Waals surface area contributed by atoms with Crippen LogP contribution in [0.15, 0.2) is 36.5 Å². The third-order valence-corrected chi connectivity index (χ3v) is 7.45. The molecule has 0 unspecified atom stereocenters. The Morgan fingerprint density at radius 2 is 1.97 bits per heavy atom. The molecule has 0 atom stereocenters. The minimum atomic E-state index is -0.579. The first-order chi connectivity index (χ1) is 16.5. The van der Waals surface area contributed by atoms with Gasteiger partial charge in [-0.15, -0.1) is 0 Å². The maximum absolute atomic E-state index is 15.1. The number of halogens is 1. The number of esters is 1. The molecule has 2 fully saturated rings. The Balaban J connectivity index is 1.56. The van der Waals surface area contributed by atoms with Crippen LogP contribution in [0.3, 0.4) is 0 Å². The number of hydrogen-bond acceptors (Lipinski definition) is 4. The van der Waals surface area contributed by atoms with Crippen LogP contribution in [0, 0.1) is 18.7 Å². The molecule has 176 valence electrons. The van der Waals surface area contributed by atoms with Crippen molar-refractivity contribution in [2.24, 2.45) is 5.92 Å². The number of hydrogen-bond donors (Lipinski definition) is 1. The molecular weight excluding hydrogens is 431 g/mol. The van der Waals surface area contributed by atoms with Gasteiger partial charge in [0.2, 0.25) is 0 Å². The van der Waals surface area contributed by atoms with Gasteiger partial charge >= 0.3 is 5.97 Å². The van der Waals surface area contributed by atoms with E-state index in [1.54, 1.807) is 6.20 Å². The smallest absolute Gasteiger partial charge is 0.339 e. The maximum Gasteiger partial charge on any atom is 0.339 e. The first-order valence-electron chi connectivity index (χ1n) is 12.1. The summed E-state index contributed by atoms with van der Waals surface area (Å²) < 4.78 is 23.8. The van der Waals surface area contributed by atoms with Crippen molar-refractivity contribution in [3.8, 4) is 11.4 Å². The molecule has 6 nitrogen and oxygen atoms in total. The molecule has 1 saturated carbocycles. The summed E-state index contributed by atoms with van der Waals surface area (Å²) in [5.41, 5.74) is 5.79. The molecule has 1 aliphatic heterocycles. The van der Waals surface area contributed by atoms with Gasteiger partial charge in [0.15, 0.2) is 0 Å². The van der Waals surface area contributed by atoms with E-state index in [1.165, 1.54) is 47.0 Å². The Labute approximate surface area is 197 Å². The third kappa shape index (κ3) is 3.50. The van der Waals surface area contributed by atoms with Crippen molar-refractivity contribution in [3.63, 3.8) is 0 Å². The summed E-state index contributed by atoms with van der Waals surface area (Å²) in [6.45, 7) is 4.95. The second kappa shape index (κ2) is 8.24. The van der Waals surface area contributed by atoms with Crippen molar-refractivity contribution < 1.29 is 13.9 Å². The Morgan fingerprint density at radius 3 is 2.71 bits per heavy atom. The van der Waals surface area contributed by atoms with Gasteiger partial charge in [0.25, 0.3) is 0 Å². The summed E-state index contributed by atoms with van der Waals surface area (Å²) in [6.07, 6.45) is 6.32. The van der Waals surface area contributed by atoms with Crippen molar-refractivity contribution in [1.82, 2.24) is 19.5 Å². The molecule has 1 N–H and O–H groups in total. The number of rotatable bonds is 5. The lowest BCUT2D eigenvalue weighted by molar-refractivity contribution is 0.0599. The molecule has 4 heterocycles. The number of ether oxygens (including phenoxy) is 1. The van der Waals surface area contributed by atoms with Crippen molar-refractivity contribution in [2.45, 2.75) is 45.1 Å². The zero-order valence-electron chi connectivity index (χ0n) is 19.6. The van der Waals surface area contributed by atoms with Crippen molar-refractivity contribution in [2.75, 3.05) is 20.2 Å². The fourth-order valence-electron chi connectivity index (χ4n) is 5.51. The number of pyridine rings is 1. The maximum atomic E-state index is 15.1. The number of aryl methyl sites for hydroxylation is 1. The Morgan fingerprint density at radius 1 is 1.18 bits per heavy atom. The summed E-state index contributed by atoms with van der Waals surface area (Å²) in [5.74, 6) is 0.160. The van der Waals surface area contributed by atoms with Crippen molar-refractivity contribution in [3.05, 3.63) is 59.0 Å². The normalized spacial score (nSPS) is 17.0. The standard InChI is InChI=1S/C27H29FN4O2/c1-16-24(30-32-15-20(27(33)34-2)12-22(28)25(16)32)23-13-19-4-3-5-21(18-8-10-29-11-9-18)26(19)31(23)14-17-6-7-17/h3-5,12-13,15,17-18,29H,6-11,14H2,1-2H3. The number of piperidine rings is 1. The highest BCUT2D eigenvalue weighted by atomic mass is 19.1. The topological polar surface area (TPSA) is 60.6 Å². The lowest BCUT2D eigenvalue weighted by Gasteiger charge is -2.24. The zero-order valence-corrected chi connectivity index (χ0v) is 19.6. The number of para-hydroxylation sites is 1. The molecule has 0 radical (unpaired) electrons. The minimum Gasteiger partial charge on any atom is -0.465 e. The molecule has 1 aromatic carbocycles. The SMILES string of the molecule is COC(=O)c1cc(F)c2c(C)c(-c3cc4cccc(C5CCNCC5)c4n3CC3CC3)nn2c1. The summed E-state index contributed by atoms with van der Waals surface area (Å²) >= 11 is 0. The highest BCUT2D eigenvalue weighted by Gasteiger charge is 2.28. The number of carbonyl (C=O) groups is 1. The van der Waals surface area contributed by atoms with Gasteiger partial charge in [0.1, 0.15) is 17.0 Å². The van der Waals surface area contributed by atoms with E-state index in [-0.39, 0.29) is 5.56 Å². The van der Waals surface area contributed by atoms with Crippen LogP contribution in [-0.2, 0) is 11.3 Å². The molecule has 3 aromatic heterocycles. The second-order valence-electron chi connectivity index (χ2n) is 9.73. The van der Waals surface area contributed by atoms with Crippen LogP contribution in [-0.4, -0.2) is 40.3 Å². The summed E-state index contributed by atoms with van der Waals surface area (Å²) in [4.78, 5) is 12.0. The highest BCUT2D eigenvalue weighted by molar-refractivity contribution is 5.92. The second-order valence-corrected chi connectivity index (χ2v) is 9.73. The van der Waals surface area contributed by atoms with Gasteiger partial charge in [0, 0.05) is 23.7 Å². The number of fused-ring (bicyclic) bond motifs is 2. The van der Waals surface area contributed by atoms with Crippen LogP contribution in [0.25, 0.3) is 27.8 Å². The quantitative estimate of drug-likeness (QED) is 0.423. The molecule has 4 aromatic rings. The number of nitrogens with zero attached hydrogens (tertiary/aromatic N) is 3. The summed E-state index contributed by atoms with van der Waals surface area (Å²) in [6, 6.07) is 10.0. The molecule has 2 aliphatic rings. The van der Waals surface area contributed by atoms with E-state index in [9.17, 15) is 4.79 Å². The van der Waals surface area contributed by atoms with Crippen LogP contribution < -0.4 is 5.32 Å². The van der Waals surface area contributed by atoms with Gasteiger partial charge in [-0.3, -0.25) is 0 Å². The molecule has 0 amide bonds. The zero-order chi connectivity index (χ0) is 23.4. The van der Waals surface area contributed by atoms with E-state index in [0.717, 1.165) is 49.4 Å². The van der Waals surface area contributed by atoms with E-state index in [0.29, 0.717) is 17.4 Å². The predicted octanol–water partition coefficient (Wildman–Crippen LogP) is 5.07. The lowest BCUT2D eigenvalue weighted by atomic mass is 9.89. The van der Waals surface area contributed by atoms with Crippen LogP contribution in [0.4, 0.5) is 4.39 Å². The molecule has 34 heavy (non-hydrogen) atoms. The van der Waals surface area contributed by atoms with Crippen LogP contribution >= 0.6 is 0 Å². The molecule has 1 aliphatic carbocycles. The van der Waals surface area contributed by atoms with E-state index >= 15 is 4.39 Å². The average molecular weight is 461 g/mol. The summed E-state index contributed by atoms with van der Waals surface area (Å²) in [7, 11) is 1.29. The van der Waals surface area contributed by atoms with E-state index in [1.807, 2.05) is 6.92 Å². The van der Waals surface area contributed by atoms with Crippen LogP contribution in [0.2, 0.25) is 0 Å².